The van der Waals surface area contributed by atoms with Crippen molar-refractivity contribution in [2.24, 2.45) is 5.92 Å². The molecular formula is C32H38ClN7O2. The standard InChI is InChI=1S/C32H38ClN7O2/c1-21-27(16-23(33)17-34-21)31(41)36-24-10-8-22(9-11-24)19-39-28-6-4-5-7-29(28)40(32(39)42)25-12-13-30(35-18-25)38-15-14-26(20-38)37(2)3/h4-7,12-13,16-18,22,24,26H,8-11,14-15,19-20H2,1-3H3,(H,36,41)/t22-,24-,26-/m0/s1. The van der Waals surface area contributed by atoms with Gasteiger partial charge in [-0.3, -0.25) is 18.9 Å². The maximum atomic E-state index is 13.9. The third-order valence-corrected chi connectivity index (χ3v) is 9.17. The van der Waals surface area contributed by atoms with Crippen LogP contribution in [0.4, 0.5) is 5.82 Å². The van der Waals surface area contributed by atoms with Gasteiger partial charge in [0.15, 0.2) is 0 Å². The van der Waals surface area contributed by atoms with Crippen molar-refractivity contribution in [1.29, 1.82) is 0 Å². The summed E-state index contributed by atoms with van der Waals surface area (Å²) in [6.45, 7) is 4.41. The molecule has 2 fully saturated rings. The van der Waals surface area contributed by atoms with E-state index in [1.807, 2.05) is 54.1 Å². The number of imidazole rings is 1. The number of aryl methyl sites for hydroxylation is 1. The van der Waals surface area contributed by atoms with E-state index in [9.17, 15) is 9.59 Å². The number of carbonyl (C=O) groups is 1. The lowest BCUT2D eigenvalue weighted by atomic mass is 9.85. The van der Waals surface area contributed by atoms with E-state index >= 15 is 0 Å². The second-order valence-corrected chi connectivity index (χ2v) is 12.4. The van der Waals surface area contributed by atoms with Crippen LogP contribution in [0.25, 0.3) is 16.7 Å². The number of nitrogens with one attached hydrogen (secondary N) is 1. The molecule has 42 heavy (non-hydrogen) atoms. The number of aromatic nitrogens is 4. The van der Waals surface area contributed by atoms with Crippen LogP contribution in [0.1, 0.15) is 48.2 Å². The third kappa shape index (κ3) is 5.68. The lowest BCUT2D eigenvalue weighted by Gasteiger charge is -2.29. The number of benzene rings is 1. The van der Waals surface area contributed by atoms with E-state index in [1.54, 1.807) is 16.8 Å². The van der Waals surface area contributed by atoms with Crippen molar-refractivity contribution in [3.8, 4) is 5.69 Å². The predicted octanol–water partition coefficient (Wildman–Crippen LogP) is 4.67. The normalized spacial score (nSPS) is 20.9. The van der Waals surface area contributed by atoms with Crippen LogP contribution in [0.5, 0.6) is 0 Å². The summed E-state index contributed by atoms with van der Waals surface area (Å²) in [6.07, 6.45) is 8.10. The summed E-state index contributed by atoms with van der Waals surface area (Å²) in [4.78, 5) is 40.3. The first kappa shape index (κ1) is 28.4. The Balaban J connectivity index is 1.15. The Hall–Kier alpha value is -3.69. The van der Waals surface area contributed by atoms with Gasteiger partial charge in [0.25, 0.3) is 5.91 Å². The fraction of sp³-hybridized carbons (Fsp3) is 0.438. The minimum Gasteiger partial charge on any atom is -0.355 e. The topological polar surface area (TPSA) is 88.3 Å². The van der Waals surface area contributed by atoms with Gasteiger partial charge in [0.1, 0.15) is 5.82 Å². The van der Waals surface area contributed by atoms with Gasteiger partial charge in [-0.05, 0) is 89.4 Å². The SMILES string of the molecule is Cc1ncc(Cl)cc1C(=O)N[C@H]1CC[C@H](Cn2c(=O)n(-c3ccc(N4CC[C@H](N(C)C)C4)nc3)c3ccccc32)CC1. The second kappa shape index (κ2) is 11.9. The van der Waals surface area contributed by atoms with Gasteiger partial charge in [-0.1, -0.05) is 23.7 Å². The van der Waals surface area contributed by atoms with E-state index < -0.39 is 0 Å². The third-order valence-electron chi connectivity index (χ3n) is 8.96. The molecule has 6 rings (SSSR count). The molecule has 4 heterocycles. The summed E-state index contributed by atoms with van der Waals surface area (Å²) in [5, 5.41) is 3.62. The van der Waals surface area contributed by atoms with Gasteiger partial charge in [0.2, 0.25) is 0 Å². The molecule has 1 saturated carbocycles. The number of para-hydroxylation sites is 2. The highest BCUT2D eigenvalue weighted by Gasteiger charge is 2.27. The lowest BCUT2D eigenvalue weighted by molar-refractivity contribution is 0.0919. The zero-order chi connectivity index (χ0) is 29.4. The van der Waals surface area contributed by atoms with E-state index in [4.69, 9.17) is 16.6 Å². The van der Waals surface area contributed by atoms with Crippen LogP contribution in [0, 0.1) is 12.8 Å². The Morgan fingerprint density at radius 2 is 1.79 bits per heavy atom. The lowest BCUT2D eigenvalue weighted by Crippen LogP contribution is -2.39. The highest BCUT2D eigenvalue weighted by molar-refractivity contribution is 6.30. The van der Waals surface area contributed by atoms with Crippen molar-refractivity contribution in [3.05, 3.63) is 81.6 Å². The molecule has 4 aromatic rings. The average Bonchev–Trinajstić information content (AvgIpc) is 3.59. The number of hydrogen-bond acceptors (Lipinski definition) is 6. The number of fused-ring (bicyclic) bond motifs is 1. The maximum absolute atomic E-state index is 13.9. The summed E-state index contributed by atoms with van der Waals surface area (Å²) < 4.78 is 3.70. The Bertz CT molecular complexity index is 1640. The number of halogens is 1. The first-order valence-electron chi connectivity index (χ1n) is 14.8. The summed E-state index contributed by atoms with van der Waals surface area (Å²) >= 11 is 6.06. The van der Waals surface area contributed by atoms with Crippen molar-refractivity contribution in [2.45, 2.75) is 57.7 Å². The van der Waals surface area contributed by atoms with E-state index in [0.717, 1.165) is 67.7 Å². The number of anilines is 1. The Morgan fingerprint density at radius 1 is 1.02 bits per heavy atom. The molecular weight excluding hydrogens is 550 g/mol. The molecule has 1 aliphatic heterocycles. The minimum atomic E-state index is -0.132. The molecule has 1 amide bonds. The monoisotopic (exact) mass is 587 g/mol. The van der Waals surface area contributed by atoms with Crippen LogP contribution in [0.2, 0.25) is 5.02 Å². The molecule has 1 N–H and O–H groups in total. The number of pyridine rings is 2. The number of hydrogen-bond donors (Lipinski definition) is 1. The molecule has 220 valence electrons. The molecule has 0 bridgehead atoms. The van der Waals surface area contributed by atoms with Crippen LogP contribution >= 0.6 is 11.6 Å². The van der Waals surface area contributed by atoms with Crippen LogP contribution in [-0.4, -0.2) is 69.2 Å². The van der Waals surface area contributed by atoms with Gasteiger partial charge in [0, 0.05) is 37.9 Å². The Morgan fingerprint density at radius 3 is 2.48 bits per heavy atom. The molecule has 1 aromatic carbocycles. The van der Waals surface area contributed by atoms with Gasteiger partial charge < -0.3 is 15.1 Å². The molecule has 0 unspecified atom stereocenters. The number of carbonyl (C=O) groups excluding carboxylic acids is 1. The van der Waals surface area contributed by atoms with E-state index in [2.05, 4.69) is 34.2 Å². The van der Waals surface area contributed by atoms with Crippen LogP contribution in [0.3, 0.4) is 0 Å². The van der Waals surface area contributed by atoms with Crippen LogP contribution < -0.4 is 15.9 Å². The van der Waals surface area contributed by atoms with Gasteiger partial charge in [0.05, 0.1) is 39.2 Å². The van der Waals surface area contributed by atoms with Crippen molar-refractivity contribution in [3.63, 3.8) is 0 Å². The zero-order valence-corrected chi connectivity index (χ0v) is 25.2. The quantitative estimate of drug-likeness (QED) is 0.338. The molecule has 2 aliphatic rings. The molecule has 1 aliphatic carbocycles. The van der Waals surface area contributed by atoms with Gasteiger partial charge in [-0.15, -0.1) is 0 Å². The molecule has 10 heteroatoms. The first-order valence-corrected chi connectivity index (χ1v) is 15.2. The number of amides is 1. The summed E-state index contributed by atoms with van der Waals surface area (Å²) in [5.74, 6) is 1.17. The van der Waals surface area contributed by atoms with Gasteiger partial charge in [-0.25, -0.2) is 9.78 Å². The Kier molecular flexibility index (Phi) is 8.05. The van der Waals surface area contributed by atoms with Crippen molar-refractivity contribution < 1.29 is 4.79 Å². The molecule has 0 spiro atoms. The number of rotatable bonds is 7. The Labute approximate surface area is 251 Å². The summed E-state index contributed by atoms with van der Waals surface area (Å²) in [5.41, 5.74) is 3.74. The summed E-state index contributed by atoms with van der Waals surface area (Å²) in [7, 11) is 4.25. The number of nitrogens with zero attached hydrogens (tertiary/aromatic N) is 6. The predicted molar refractivity (Wildman–Crippen MR) is 167 cm³/mol. The molecule has 9 nitrogen and oxygen atoms in total. The number of likely N-dealkylation sites (N-methyl/N-ethyl adjacent to an activating group) is 1. The van der Waals surface area contributed by atoms with Crippen molar-refractivity contribution in [2.75, 3.05) is 32.1 Å². The molecule has 1 atom stereocenters. The van der Waals surface area contributed by atoms with E-state index in [1.165, 1.54) is 0 Å². The van der Waals surface area contributed by atoms with Crippen molar-refractivity contribution in [1.82, 2.24) is 29.3 Å². The van der Waals surface area contributed by atoms with E-state index in [-0.39, 0.29) is 17.6 Å². The van der Waals surface area contributed by atoms with Crippen molar-refractivity contribution >= 4 is 34.4 Å². The molecule has 1 saturated heterocycles. The highest BCUT2D eigenvalue weighted by atomic mass is 35.5. The minimum absolute atomic E-state index is 0.0426. The fourth-order valence-corrected chi connectivity index (χ4v) is 6.61. The molecule has 3 aromatic heterocycles. The average molecular weight is 588 g/mol. The van der Waals surface area contributed by atoms with E-state index in [0.29, 0.717) is 34.8 Å². The maximum Gasteiger partial charge on any atom is 0.333 e. The highest BCUT2D eigenvalue weighted by Crippen LogP contribution is 2.28. The zero-order valence-electron chi connectivity index (χ0n) is 24.5. The second-order valence-electron chi connectivity index (χ2n) is 11.9. The van der Waals surface area contributed by atoms with Gasteiger partial charge >= 0.3 is 5.69 Å². The van der Waals surface area contributed by atoms with Crippen LogP contribution in [-0.2, 0) is 6.54 Å². The summed E-state index contributed by atoms with van der Waals surface area (Å²) in [6, 6.07) is 14.3. The smallest absolute Gasteiger partial charge is 0.333 e. The molecule has 0 radical (unpaired) electrons. The van der Waals surface area contributed by atoms with Crippen LogP contribution in [0.15, 0.2) is 59.7 Å². The first-order chi connectivity index (χ1) is 20.3. The fourth-order valence-electron chi connectivity index (χ4n) is 6.45. The largest absolute Gasteiger partial charge is 0.355 e. The van der Waals surface area contributed by atoms with Gasteiger partial charge in [-0.2, -0.15) is 0 Å².